The van der Waals surface area contributed by atoms with E-state index in [1.165, 1.54) is 18.2 Å². The molecule has 0 bridgehead atoms. The summed E-state index contributed by atoms with van der Waals surface area (Å²) in [5, 5.41) is 11.8. The van der Waals surface area contributed by atoms with E-state index in [9.17, 15) is 23.1 Å². The molecule has 3 rings (SSSR count). The molecule has 0 fully saturated rings. The van der Waals surface area contributed by atoms with Crippen molar-refractivity contribution >= 4 is 27.4 Å². The first kappa shape index (κ1) is 15.5. The fraction of sp³-hybridized carbons (Fsp3) is 0.250. The minimum Gasteiger partial charge on any atom is -0.478 e. The number of hydrogen-bond donors (Lipinski definition) is 2. The predicted molar refractivity (Wildman–Crippen MR) is 84.0 cm³/mol. The zero-order chi connectivity index (χ0) is 16.8. The maximum atomic E-state index is 12.9. The Morgan fingerprint density at radius 3 is 2.74 bits per heavy atom. The quantitative estimate of drug-likeness (QED) is 0.865. The van der Waals surface area contributed by atoms with E-state index >= 15 is 0 Å². The number of anilines is 1. The SMILES string of the molecule is CCc1cc2c(cc1C(=O)O)NC(=O)C1=C(C=CCC1)S2(=O)=O. The summed E-state index contributed by atoms with van der Waals surface area (Å²) in [6.07, 6.45) is 4.50. The lowest BCUT2D eigenvalue weighted by atomic mass is 10.0. The molecular weight excluding hydrogens is 318 g/mol. The summed E-state index contributed by atoms with van der Waals surface area (Å²) in [6, 6.07) is 2.58. The Bertz CT molecular complexity index is 893. The molecule has 0 saturated heterocycles. The number of fused-ring (bicyclic) bond motifs is 1. The molecular formula is C16H15NO5S. The van der Waals surface area contributed by atoms with E-state index in [1.54, 1.807) is 13.0 Å². The molecule has 2 N–H and O–H groups in total. The van der Waals surface area contributed by atoms with Gasteiger partial charge in [-0.25, -0.2) is 13.2 Å². The van der Waals surface area contributed by atoms with E-state index in [2.05, 4.69) is 5.32 Å². The number of aryl methyl sites for hydroxylation is 1. The highest BCUT2D eigenvalue weighted by atomic mass is 32.2. The van der Waals surface area contributed by atoms with Gasteiger partial charge in [0.25, 0.3) is 5.91 Å². The molecule has 1 aromatic rings. The van der Waals surface area contributed by atoms with Crippen molar-refractivity contribution in [3.05, 3.63) is 45.9 Å². The third kappa shape index (κ3) is 2.37. The molecule has 1 aromatic carbocycles. The predicted octanol–water partition coefficient (Wildman–Crippen LogP) is 2.28. The molecule has 0 atom stereocenters. The fourth-order valence-electron chi connectivity index (χ4n) is 2.87. The highest BCUT2D eigenvalue weighted by Gasteiger charge is 2.34. The van der Waals surface area contributed by atoms with Crippen LogP contribution in [0.15, 0.2) is 39.7 Å². The lowest BCUT2D eigenvalue weighted by Crippen LogP contribution is -2.16. The second-order valence-corrected chi connectivity index (χ2v) is 7.29. The summed E-state index contributed by atoms with van der Waals surface area (Å²) >= 11 is 0. The first-order valence-electron chi connectivity index (χ1n) is 7.22. The minimum atomic E-state index is -3.87. The van der Waals surface area contributed by atoms with Gasteiger partial charge in [0.05, 0.1) is 21.1 Å². The molecule has 7 heteroatoms. The Balaban J connectivity index is 2.32. The Kier molecular flexibility index (Phi) is 3.60. The van der Waals surface area contributed by atoms with Crippen molar-refractivity contribution in [1.29, 1.82) is 0 Å². The van der Waals surface area contributed by atoms with Gasteiger partial charge in [-0.05, 0) is 43.0 Å². The number of sulfone groups is 1. The smallest absolute Gasteiger partial charge is 0.336 e. The summed E-state index contributed by atoms with van der Waals surface area (Å²) in [5.41, 5.74) is 0.654. The molecule has 1 aliphatic carbocycles. The van der Waals surface area contributed by atoms with Gasteiger partial charge >= 0.3 is 5.97 Å². The average Bonchev–Trinajstić information content (AvgIpc) is 2.61. The van der Waals surface area contributed by atoms with Crippen LogP contribution in [0, 0.1) is 0 Å². The molecule has 0 aromatic heterocycles. The number of carbonyl (C=O) groups is 2. The third-order valence-corrected chi connectivity index (χ3v) is 5.92. The van der Waals surface area contributed by atoms with Crippen LogP contribution < -0.4 is 5.32 Å². The molecule has 23 heavy (non-hydrogen) atoms. The van der Waals surface area contributed by atoms with Crippen LogP contribution in [0.4, 0.5) is 5.69 Å². The first-order chi connectivity index (χ1) is 10.9. The van der Waals surface area contributed by atoms with Gasteiger partial charge in [0.15, 0.2) is 0 Å². The van der Waals surface area contributed by atoms with Gasteiger partial charge in [-0.1, -0.05) is 13.0 Å². The molecule has 0 radical (unpaired) electrons. The second kappa shape index (κ2) is 5.34. The van der Waals surface area contributed by atoms with E-state index in [1.807, 2.05) is 0 Å². The number of carboxylic acids is 1. The first-order valence-corrected chi connectivity index (χ1v) is 8.71. The highest BCUT2D eigenvalue weighted by molar-refractivity contribution is 7.95. The molecule has 0 saturated carbocycles. The molecule has 2 aliphatic rings. The van der Waals surface area contributed by atoms with Crippen LogP contribution in [0.1, 0.15) is 35.7 Å². The number of amides is 1. The summed E-state index contributed by atoms with van der Waals surface area (Å²) in [4.78, 5) is 23.6. The van der Waals surface area contributed by atoms with Gasteiger partial charge in [-0.2, -0.15) is 0 Å². The topological polar surface area (TPSA) is 101 Å². The van der Waals surface area contributed by atoms with Gasteiger partial charge in [0.2, 0.25) is 9.84 Å². The lowest BCUT2D eigenvalue weighted by molar-refractivity contribution is -0.113. The highest BCUT2D eigenvalue weighted by Crippen LogP contribution is 2.37. The molecule has 1 amide bonds. The van der Waals surface area contributed by atoms with Crippen LogP contribution >= 0.6 is 0 Å². The molecule has 0 unspecified atom stereocenters. The van der Waals surface area contributed by atoms with Crippen molar-refractivity contribution in [2.24, 2.45) is 0 Å². The minimum absolute atomic E-state index is 0.00263. The van der Waals surface area contributed by atoms with E-state index in [0.717, 1.165) is 0 Å². The van der Waals surface area contributed by atoms with E-state index < -0.39 is 21.7 Å². The van der Waals surface area contributed by atoms with Gasteiger partial charge in [-0.3, -0.25) is 4.79 Å². The number of carboxylic acid groups (broad SMARTS) is 1. The monoisotopic (exact) mass is 333 g/mol. The van der Waals surface area contributed by atoms with Crippen LogP contribution in [-0.4, -0.2) is 25.4 Å². The second-order valence-electron chi connectivity index (χ2n) is 5.41. The summed E-state index contributed by atoms with van der Waals surface area (Å²) < 4.78 is 25.8. The van der Waals surface area contributed by atoms with Crippen molar-refractivity contribution in [2.45, 2.75) is 31.1 Å². The molecule has 0 spiro atoms. The molecule has 1 heterocycles. The number of aromatic carboxylic acids is 1. The lowest BCUT2D eigenvalue weighted by Gasteiger charge is -2.13. The zero-order valence-electron chi connectivity index (χ0n) is 12.4. The van der Waals surface area contributed by atoms with Gasteiger partial charge < -0.3 is 10.4 Å². The number of benzene rings is 1. The summed E-state index contributed by atoms with van der Waals surface area (Å²) in [6.45, 7) is 1.75. The Hall–Kier alpha value is -2.41. The van der Waals surface area contributed by atoms with Gasteiger partial charge in [0.1, 0.15) is 0 Å². The fourth-order valence-corrected chi connectivity index (χ4v) is 4.60. The number of allylic oxidation sites excluding steroid dienone is 2. The van der Waals surface area contributed by atoms with Crippen molar-refractivity contribution in [1.82, 2.24) is 0 Å². The molecule has 6 nitrogen and oxygen atoms in total. The normalized spacial score (nSPS) is 18.7. The van der Waals surface area contributed by atoms with Crippen LogP contribution in [0.3, 0.4) is 0 Å². The number of rotatable bonds is 2. The van der Waals surface area contributed by atoms with Crippen LogP contribution in [-0.2, 0) is 21.1 Å². The summed E-state index contributed by atoms with van der Waals surface area (Å²) in [5.74, 6) is -1.65. The zero-order valence-corrected chi connectivity index (χ0v) is 13.2. The van der Waals surface area contributed by atoms with E-state index in [0.29, 0.717) is 24.8 Å². The molecule has 120 valence electrons. The maximum Gasteiger partial charge on any atom is 0.336 e. The molecule has 1 aliphatic heterocycles. The largest absolute Gasteiger partial charge is 0.478 e. The number of hydrogen-bond acceptors (Lipinski definition) is 4. The van der Waals surface area contributed by atoms with Crippen molar-refractivity contribution in [3.63, 3.8) is 0 Å². The Morgan fingerprint density at radius 1 is 1.35 bits per heavy atom. The average molecular weight is 333 g/mol. The van der Waals surface area contributed by atoms with Crippen molar-refractivity contribution in [3.8, 4) is 0 Å². The van der Waals surface area contributed by atoms with Gasteiger partial charge in [0, 0.05) is 5.57 Å². The van der Waals surface area contributed by atoms with E-state index in [4.69, 9.17) is 0 Å². The van der Waals surface area contributed by atoms with E-state index in [-0.39, 0.29) is 26.6 Å². The van der Waals surface area contributed by atoms with Gasteiger partial charge in [-0.15, -0.1) is 0 Å². The Labute approximate surface area is 133 Å². The van der Waals surface area contributed by atoms with Crippen LogP contribution in [0.2, 0.25) is 0 Å². The van der Waals surface area contributed by atoms with Crippen molar-refractivity contribution in [2.75, 3.05) is 5.32 Å². The van der Waals surface area contributed by atoms with Crippen LogP contribution in [0.5, 0.6) is 0 Å². The van der Waals surface area contributed by atoms with Crippen LogP contribution in [0.25, 0.3) is 0 Å². The maximum absolute atomic E-state index is 12.9. The number of carbonyl (C=O) groups excluding carboxylic acids is 1. The third-order valence-electron chi connectivity index (χ3n) is 4.05. The Morgan fingerprint density at radius 2 is 2.09 bits per heavy atom. The number of nitrogens with one attached hydrogen (secondary N) is 1. The van der Waals surface area contributed by atoms with Crippen molar-refractivity contribution < 1.29 is 23.1 Å². The standard InChI is InChI=1S/C16H15NO5S/c1-2-9-7-14-12(8-11(9)16(19)20)17-15(18)10-5-3-4-6-13(10)23(14,21)22/h4,6-8H,2-3,5H2,1H3,(H,17,18)(H,19,20). The summed E-state index contributed by atoms with van der Waals surface area (Å²) in [7, 11) is -3.87.